The maximum atomic E-state index is 11.3. The third-order valence-corrected chi connectivity index (χ3v) is 5.07. The van der Waals surface area contributed by atoms with Gasteiger partial charge >= 0.3 is 5.97 Å². The van der Waals surface area contributed by atoms with E-state index in [-0.39, 0.29) is 0 Å². The van der Waals surface area contributed by atoms with Crippen molar-refractivity contribution in [3.05, 3.63) is 44.7 Å². The van der Waals surface area contributed by atoms with Crippen molar-refractivity contribution in [3.8, 4) is 0 Å². The molecule has 0 bridgehead atoms. The smallest absolute Gasteiger partial charge is 0.311 e. The van der Waals surface area contributed by atoms with E-state index in [1.165, 1.54) is 11.3 Å². The van der Waals surface area contributed by atoms with Gasteiger partial charge in [0.15, 0.2) is 4.80 Å². The van der Waals surface area contributed by atoms with Crippen LogP contribution in [-0.2, 0) is 11.3 Å². The van der Waals surface area contributed by atoms with Gasteiger partial charge in [0.25, 0.3) is 0 Å². The molecule has 6 heteroatoms. The fourth-order valence-corrected chi connectivity index (χ4v) is 3.56. The van der Waals surface area contributed by atoms with Crippen LogP contribution in [0.4, 0.5) is 5.69 Å². The van der Waals surface area contributed by atoms with Crippen molar-refractivity contribution in [2.75, 3.05) is 0 Å². The Hall–Kier alpha value is -1.59. The molecule has 1 atom stereocenters. The number of aromatic nitrogens is 1. The average molecular weight is 339 g/mol. The molecule has 0 saturated heterocycles. The Balaban J connectivity index is 2.56. The maximum absolute atomic E-state index is 11.3. The number of halogens is 1. The van der Waals surface area contributed by atoms with Crippen LogP contribution in [0, 0.1) is 6.92 Å². The van der Waals surface area contributed by atoms with Gasteiger partial charge in [-0.25, -0.2) is 4.99 Å². The van der Waals surface area contributed by atoms with Crippen molar-refractivity contribution in [1.29, 1.82) is 0 Å². The van der Waals surface area contributed by atoms with Crippen LogP contribution in [-0.4, -0.2) is 15.6 Å². The Morgan fingerprint density at radius 3 is 2.59 bits per heavy atom. The number of hydrogen-bond acceptors (Lipinski definition) is 3. The van der Waals surface area contributed by atoms with E-state index >= 15 is 0 Å². The van der Waals surface area contributed by atoms with E-state index in [0.717, 1.165) is 34.0 Å². The lowest BCUT2D eigenvalue weighted by Gasteiger charge is -2.07. The van der Waals surface area contributed by atoms with E-state index in [9.17, 15) is 9.90 Å². The lowest BCUT2D eigenvalue weighted by atomic mass is 10.1. The minimum Gasteiger partial charge on any atom is -0.481 e. The van der Waals surface area contributed by atoms with E-state index < -0.39 is 11.9 Å². The number of carboxylic acids is 1. The highest BCUT2D eigenvalue weighted by Crippen LogP contribution is 2.24. The zero-order valence-electron chi connectivity index (χ0n) is 12.8. The van der Waals surface area contributed by atoms with Crippen LogP contribution in [0.2, 0.25) is 5.02 Å². The third-order valence-electron chi connectivity index (χ3n) is 3.46. The van der Waals surface area contributed by atoms with Crippen LogP contribution in [0.3, 0.4) is 0 Å². The molecule has 2 aromatic rings. The molecular weight excluding hydrogens is 320 g/mol. The first-order valence-electron chi connectivity index (χ1n) is 7.17. The van der Waals surface area contributed by atoms with Crippen LogP contribution < -0.4 is 4.80 Å². The highest BCUT2D eigenvalue weighted by atomic mass is 35.5. The Morgan fingerprint density at radius 1 is 1.41 bits per heavy atom. The molecule has 4 nitrogen and oxygen atoms in total. The van der Waals surface area contributed by atoms with Gasteiger partial charge < -0.3 is 9.67 Å². The van der Waals surface area contributed by atoms with Gasteiger partial charge in [-0.05, 0) is 44.5 Å². The highest BCUT2D eigenvalue weighted by molar-refractivity contribution is 7.09. The molecule has 1 N–H and O–H groups in total. The quantitative estimate of drug-likeness (QED) is 0.881. The fraction of sp³-hybridized carbons (Fsp3) is 0.375. The molecule has 0 amide bonds. The predicted molar refractivity (Wildman–Crippen MR) is 90.1 cm³/mol. The predicted octanol–water partition coefficient (Wildman–Crippen LogP) is 4.34. The first-order chi connectivity index (χ1) is 10.4. The first kappa shape index (κ1) is 16.8. The number of thiazole rings is 1. The second-order valence-electron chi connectivity index (χ2n) is 5.13. The maximum Gasteiger partial charge on any atom is 0.311 e. The molecule has 0 radical (unpaired) electrons. The summed E-state index contributed by atoms with van der Waals surface area (Å²) in [7, 11) is 0. The molecular formula is C16H19ClN2O2S. The molecule has 0 fully saturated rings. The minimum atomic E-state index is -0.814. The van der Waals surface area contributed by atoms with E-state index in [1.54, 1.807) is 19.1 Å². The number of hydrogen-bond donors (Lipinski definition) is 1. The monoisotopic (exact) mass is 338 g/mol. The normalized spacial score (nSPS) is 13.4. The van der Waals surface area contributed by atoms with Crippen LogP contribution in [0.1, 0.15) is 36.8 Å². The molecule has 0 aliphatic heterocycles. The SMILES string of the molecule is CCCn1c(C)c(C(C)C(=O)O)s/c1=N/c1ccc(Cl)cc1. The lowest BCUT2D eigenvalue weighted by Crippen LogP contribution is -2.16. The summed E-state index contributed by atoms with van der Waals surface area (Å²) in [6, 6.07) is 7.31. The summed E-state index contributed by atoms with van der Waals surface area (Å²) in [5, 5.41) is 9.93. The standard InChI is InChI=1S/C16H19ClN2O2S/c1-4-9-19-11(3)14(10(2)15(20)21)22-16(19)18-13-7-5-12(17)6-8-13/h5-8,10H,4,9H2,1-3H3,(H,20,21)/b18-16+. The van der Waals surface area contributed by atoms with Gasteiger partial charge in [-0.2, -0.15) is 0 Å². The van der Waals surface area contributed by atoms with Crippen LogP contribution in [0.15, 0.2) is 29.3 Å². The first-order valence-corrected chi connectivity index (χ1v) is 8.36. The van der Waals surface area contributed by atoms with Crippen molar-refractivity contribution in [2.45, 2.75) is 39.7 Å². The molecule has 1 aromatic carbocycles. The van der Waals surface area contributed by atoms with E-state index in [2.05, 4.69) is 16.5 Å². The molecule has 1 unspecified atom stereocenters. The van der Waals surface area contributed by atoms with Crippen molar-refractivity contribution in [3.63, 3.8) is 0 Å². The molecule has 2 rings (SSSR count). The average Bonchev–Trinajstić information content (AvgIpc) is 2.78. The van der Waals surface area contributed by atoms with Gasteiger partial charge in [-0.15, -0.1) is 11.3 Å². The highest BCUT2D eigenvalue weighted by Gasteiger charge is 2.20. The molecule has 1 aromatic heterocycles. The van der Waals surface area contributed by atoms with Gasteiger partial charge in [-0.1, -0.05) is 18.5 Å². The number of carboxylic acid groups (broad SMARTS) is 1. The van der Waals surface area contributed by atoms with Crippen molar-refractivity contribution >= 4 is 34.6 Å². The molecule has 0 saturated carbocycles. The van der Waals surface area contributed by atoms with Gasteiger partial charge in [0.2, 0.25) is 0 Å². The Bertz CT molecular complexity index is 732. The van der Waals surface area contributed by atoms with Crippen molar-refractivity contribution in [1.82, 2.24) is 4.57 Å². The second kappa shape index (κ2) is 7.11. The topological polar surface area (TPSA) is 54.6 Å². The van der Waals surface area contributed by atoms with Crippen molar-refractivity contribution in [2.24, 2.45) is 4.99 Å². The molecule has 0 aliphatic carbocycles. The molecule has 1 heterocycles. The van der Waals surface area contributed by atoms with Crippen molar-refractivity contribution < 1.29 is 9.90 Å². The van der Waals surface area contributed by atoms with Gasteiger partial charge in [0, 0.05) is 22.1 Å². The Kier molecular flexibility index (Phi) is 5.42. The number of rotatable bonds is 5. The van der Waals surface area contributed by atoms with E-state index in [4.69, 9.17) is 11.6 Å². The molecule has 22 heavy (non-hydrogen) atoms. The number of carbonyl (C=O) groups is 1. The lowest BCUT2D eigenvalue weighted by molar-refractivity contribution is -0.138. The molecule has 118 valence electrons. The fourth-order valence-electron chi connectivity index (χ4n) is 2.21. The van der Waals surface area contributed by atoms with Crippen LogP contribution in [0.5, 0.6) is 0 Å². The van der Waals surface area contributed by atoms with Gasteiger partial charge in [0.05, 0.1) is 11.6 Å². The zero-order valence-corrected chi connectivity index (χ0v) is 14.4. The summed E-state index contributed by atoms with van der Waals surface area (Å²) < 4.78 is 2.09. The summed E-state index contributed by atoms with van der Waals surface area (Å²) in [5.41, 5.74) is 1.79. The van der Waals surface area contributed by atoms with E-state index in [0.29, 0.717) is 5.02 Å². The van der Waals surface area contributed by atoms with E-state index in [1.807, 2.05) is 19.1 Å². The molecule has 0 aliphatic rings. The van der Waals surface area contributed by atoms with Crippen LogP contribution >= 0.6 is 22.9 Å². The number of nitrogens with zero attached hydrogens (tertiary/aromatic N) is 2. The minimum absolute atomic E-state index is 0.526. The van der Waals surface area contributed by atoms with Gasteiger partial charge in [0.1, 0.15) is 0 Å². The summed E-state index contributed by atoms with van der Waals surface area (Å²) in [4.78, 5) is 17.6. The van der Waals surface area contributed by atoms with Crippen LogP contribution in [0.25, 0.3) is 0 Å². The molecule has 0 spiro atoms. The summed E-state index contributed by atoms with van der Waals surface area (Å²) >= 11 is 7.34. The summed E-state index contributed by atoms with van der Waals surface area (Å²) in [6.07, 6.45) is 0.965. The number of benzene rings is 1. The summed E-state index contributed by atoms with van der Waals surface area (Å²) in [5.74, 6) is -1.34. The van der Waals surface area contributed by atoms with Gasteiger partial charge in [-0.3, -0.25) is 4.79 Å². The Labute approximate surface area is 138 Å². The summed E-state index contributed by atoms with van der Waals surface area (Å²) in [6.45, 7) is 6.59. The zero-order chi connectivity index (χ0) is 16.3. The third kappa shape index (κ3) is 3.59. The second-order valence-corrected chi connectivity index (χ2v) is 6.58. The number of aliphatic carboxylic acids is 1. The largest absolute Gasteiger partial charge is 0.481 e. The Morgan fingerprint density at radius 2 is 2.05 bits per heavy atom.